The molecule has 1 atom stereocenters. The van der Waals surface area contributed by atoms with Crippen molar-refractivity contribution < 1.29 is 14.7 Å². The molecule has 1 aromatic carbocycles. The summed E-state index contributed by atoms with van der Waals surface area (Å²) >= 11 is 0. The number of hydrogen-bond acceptors (Lipinski definition) is 3. The fourth-order valence-electron chi connectivity index (χ4n) is 2.84. The van der Waals surface area contributed by atoms with Crippen LogP contribution in [0.4, 0.5) is 5.69 Å². The topological polar surface area (TPSA) is 78.4 Å². The summed E-state index contributed by atoms with van der Waals surface area (Å²) in [6, 6.07) is 6.90. The minimum Gasteiger partial charge on any atom is -0.392 e. The van der Waals surface area contributed by atoms with Gasteiger partial charge in [-0.15, -0.1) is 0 Å². The monoisotopic (exact) mass is 304 g/mol. The van der Waals surface area contributed by atoms with Crippen LogP contribution in [0.5, 0.6) is 0 Å². The Morgan fingerprint density at radius 3 is 2.73 bits per heavy atom. The summed E-state index contributed by atoms with van der Waals surface area (Å²) in [5.41, 5.74) is 1.41. The summed E-state index contributed by atoms with van der Waals surface area (Å²) < 4.78 is 0. The molecule has 0 radical (unpaired) electrons. The van der Waals surface area contributed by atoms with Gasteiger partial charge in [0.2, 0.25) is 11.8 Å². The highest BCUT2D eigenvalue weighted by Crippen LogP contribution is 2.24. The smallest absolute Gasteiger partial charge is 0.226 e. The quantitative estimate of drug-likeness (QED) is 0.754. The van der Waals surface area contributed by atoms with Crippen molar-refractivity contribution in [3.8, 4) is 0 Å². The van der Waals surface area contributed by atoms with Gasteiger partial charge in [-0.3, -0.25) is 9.59 Å². The maximum Gasteiger partial charge on any atom is 0.226 e. The van der Waals surface area contributed by atoms with Crippen LogP contribution < -0.4 is 10.6 Å². The second-order valence-corrected chi connectivity index (χ2v) is 6.00. The molecular formula is C17H24N2O3. The number of aliphatic hydroxyl groups is 1. The Labute approximate surface area is 131 Å². The van der Waals surface area contributed by atoms with Gasteiger partial charge < -0.3 is 15.7 Å². The molecule has 0 bridgehead atoms. The molecule has 3 N–H and O–H groups in total. The standard InChI is InChI=1S/C17H24N2O3/c1-12(18-17(22)14-6-2-3-7-14)9-16(21)19-15-8-4-5-13(10-15)11-20/h4-5,8,10,12,14,20H,2-3,6-7,9,11H2,1H3,(H,18,22)(H,19,21)/t12-/m1/s1. The van der Waals surface area contributed by atoms with Crippen LogP contribution in [0.15, 0.2) is 24.3 Å². The summed E-state index contributed by atoms with van der Waals surface area (Å²) in [6.45, 7) is 1.79. The number of hydrogen-bond donors (Lipinski definition) is 3. The molecule has 1 aromatic rings. The van der Waals surface area contributed by atoms with E-state index in [4.69, 9.17) is 5.11 Å². The van der Waals surface area contributed by atoms with Crippen molar-refractivity contribution in [2.24, 2.45) is 5.92 Å². The number of rotatable bonds is 6. The van der Waals surface area contributed by atoms with E-state index in [0.717, 1.165) is 31.2 Å². The Bertz CT molecular complexity index is 524. The highest BCUT2D eigenvalue weighted by Gasteiger charge is 2.24. The summed E-state index contributed by atoms with van der Waals surface area (Å²) in [5, 5.41) is 14.8. The van der Waals surface area contributed by atoms with Gasteiger partial charge in [-0.1, -0.05) is 25.0 Å². The first-order valence-corrected chi connectivity index (χ1v) is 7.88. The van der Waals surface area contributed by atoms with Crippen molar-refractivity contribution in [3.63, 3.8) is 0 Å². The zero-order valence-electron chi connectivity index (χ0n) is 13.0. The van der Waals surface area contributed by atoms with Crippen LogP contribution >= 0.6 is 0 Å². The minimum atomic E-state index is -0.186. The second-order valence-electron chi connectivity index (χ2n) is 6.00. The third-order valence-corrected chi connectivity index (χ3v) is 4.00. The molecule has 22 heavy (non-hydrogen) atoms. The van der Waals surface area contributed by atoms with Crippen LogP contribution in [0.1, 0.15) is 44.6 Å². The average Bonchev–Trinajstić information content (AvgIpc) is 3.01. The normalized spacial score (nSPS) is 16.3. The minimum absolute atomic E-state index is 0.0580. The first-order chi connectivity index (χ1) is 10.6. The number of amides is 2. The van der Waals surface area contributed by atoms with Crippen LogP contribution in [-0.4, -0.2) is 23.0 Å². The van der Waals surface area contributed by atoms with Crippen LogP contribution in [0.2, 0.25) is 0 Å². The van der Waals surface area contributed by atoms with Gasteiger partial charge in [0.15, 0.2) is 0 Å². The zero-order valence-corrected chi connectivity index (χ0v) is 13.0. The maximum atomic E-state index is 12.0. The van der Waals surface area contributed by atoms with Crippen molar-refractivity contribution in [2.45, 2.75) is 51.7 Å². The molecule has 0 saturated heterocycles. The van der Waals surface area contributed by atoms with E-state index in [1.54, 1.807) is 24.3 Å². The summed E-state index contributed by atoms with van der Waals surface area (Å²) in [4.78, 5) is 24.0. The van der Waals surface area contributed by atoms with Crippen molar-refractivity contribution in [1.82, 2.24) is 5.32 Å². The van der Waals surface area contributed by atoms with E-state index in [1.165, 1.54) is 0 Å². The van der Waals surface area contributed by atoms with Gasteiger partial charge in [0, 0.05) is 24.1 Å². The largest absolute Gasteiger partial charge is 0.392 e. The molecule has 0 aliphatic heterocycles. The molecule has 1 saturated carbocycles. The number of nitrogens with one attached hydrogen (secondary N) is 2. The van der Waals surface area contributed by atoms with Crippen molar-refractivity contribution in [2.75, 3.05) is 5.32 Å². The molecule has 120 valence electrons. The highest BCUT2D eigenvalue weighted by atomic mass is 16.3. The maximum absolute atomic E-state index is 12.0. The molecule has 1 aliphatic rings. The molecule has 0 aromatic heterocycles. The molecule has 2 amide bonds. The van der Waals surface area contributed by atoms with Gasteiger partial charge >= 0.3 is 0 Å². The fraction of sp³-hybridized carbons (Fsp3) is 0.529. The van der Waals surface area contributed by atoms with Gasteiger partial charge in [0.25, 0.3) is 0 Å². The van der Waals surface area contributed by atoms with Gasteiger partial charge in [-0.2, -0.15) is 0 Å². The first kappa shape index (κ1) is 16.5. The number of anilines is 1. The predicted molar refractivity (Wildman–Crippen MR) is 85.2 cm³/mol. The zero-order chi connectivity index (χ0) is 15.9. The van der Waals surface area contributed by atoms with Gasteiger partial charge in [0.1, 0.15) is 0 Å². The summed E-state index contributed by atoms with van der Waals surface area (Å²) in [6.07, 6.45) is 4.39. The predicted octanol–water partition coefficient (Wildman–Crippen LogP) is 2.20. The number of benzene rings is 1. The van der Waals surface area contributed by atoms with Crippen molar-refractivity contribution in [1.29, 1.82) is 0 Å². The van der Waals surface area contributed by atoms with Crippen LogP contribution in [0, 0.1) is 5.92 Å². The molecule has 1 aliphatic carbocycles. The van der Waals surface area contributed by atoms with Crippen LogP contribution in [-0.2, 0) is 16.2 Å². The van der Waals surface area contributed by atoms with Crippen molar-refractivity contribution >= 4 is 17.5 Å². The molecule has 0 unspecified atom stereocenters. The van der Waals surface area contributed by atoms with Gasteiger partial charge in [-0.05, 0) is 37.5 Å². The van der Waals surface area contributed by atoms with E-state index in [0.29, 0.717) is 5.69 Å². The average molecular weight is 304 g/mol. The summed E-state index contributed by atoms with van der Waals surface area (Å²) in [5.74, 6) is 0.0427. The van der Waals surface area contributed by atoms with Gasteiger partial charge in [-0.25, -0.2) is 0 Å². The molecule has 2 rings (SSSR count). The first-order valence-electron chi connectivity index (χ1n) is 7.88. The van der Waals surface area contributed by atoms with E-state index >= 15 is 0 Å². The van der Waals surface area contributed by atoms with E-state index in [-0.39, 0.29) is 36.8 Å². The van der Waals surface area contributed by atoms with E-state index < -0.39 is 0 Å². The number of carbonyl (C=O) groups is 2. The SMILES string of the molecule is C[C@H](CC(=O)Nc1cccc(CO)c1)NC(=O)C1CCCC1. The molecule has 1 fully saturated rings. The van der Waals surface area contributed by atoms with E-state index in [2.05, 4.69) is 10.6 Å². The fourth-order valence-corrected chi connectivity index (χ4v) is 2.84. The van der Waals surface area contributed by atoms with Crippen LogP contribution in [0.3, 0.4) is 0 Å². The lowest BCUT2D eigenvalue weighted by Crippen LogP contribution is -2.38. The number of aliphatic hydroxyl groups excluding tert-OH is 1. The Morgan fingerprint density at radius 1 is 1.32 bits per heavy atom. The highest BCUT2D eigenvalue weighted by molar-refractivity contribution is 5.91. The summed E-state index contributed by atoms with van der Waals surface area (Å²) in [7, 11) is 0. The molecule has 0 heterocycles. The van der Waals surface area contributed by atoms with E-state index in [9.17, 15) is 9.59 Å². The Morgan fingerprint density at radius 2 is 2.05 bits per heavy atom. The Kier molecular flexibility index (Phi) is 5.95. The van der Waals surface area contributed by atoms with Gasteiger partial charge in [0.05, 0.1) is 6.61 Å². The number of carbonyl (C=O) groups excluding carboxylic acids is 2. The third-order valence-electron chi connectivity index (χ3n) is 4.00. The molecular weight excluding hydrogens is 280 g/mol. The molecule has 5 heteroatoms. The molecule has 0 spiro atoms. The van der Waals surface area contributed by atoms with Crippen molar-refractivity contribution in [3.05, 3.63) is 29.8 Å². The Balaban J connectivity index is 1.79. The lowest BCUT2D eigenvalue weighted by Gasteiger charge is -2.17. The lowest BCUT2D eigenvalue weighted by molar-refractivity contribution is -0.125. The lowest BCUT2D eigenvalue weighted by atomic mass is 10.1. The second kappa shape index (κ2) is 7.94. The Hall–Kier alpha value is -1.88. The van der Waals surface area contributed by atoms with Crippen LogP contribution in [0.25, 0.3) is 0 Å². The third kappa shape index (κ3) is 4.84. The molecule has 5 nitrogen and oxygen atoms in total. The van der Waals surface area contributed by atoms with E-state index in [1.807, 2.05) is 6.92 Å².